The van der Waals surface area contributed by atoms with Crippen molar-refractivity contribution in [2.24, 2.45) is 11.8 Å². The molecular formula is C13H22O2. The molecule has 86 valence electrons. The van der Waals surface area contributed by atoms with Gasteiger partial charge >= 0.3 is 5.97 Å². The van der Waals surface area contributed by atoms with Crippen molar-refractivity contribution in [1.82, 2.24) is 0 Å². The number of carboxylic acids is 1. The molecule has 0 rings (SSSR count). The first kappa shape index (κ1) is 13.9. The van der Waals surface area contributed by atoms with Crippen molar-refractivity contribution in [3.63, 3.8) is 0 Å². The maximum absolute atomic E-state index is 10.3. The summed E-state index contributed by atoms with van der Waals surface area (Å²) in [7, 11) is 0. The molecule has 0 bridgehead atoms. The minimum absolute atomic E-state index is 0.512. The Morgan fingerprint density at radius 1 is 1.33 bits per heavy atom. The summed E-state index contributed by atoms with van der Waals surface area (Å²) in [4.78, 5) is 10.3. The molecule has 0 radical (unpaired) electrons. The van der Waals surface area contributed by atoms with Gasteiger partial charge in [-0.15, -0.1) is 0 Å². The van der Waals surface area contributed by atoms with Crippen LogP contribution in [0.2, 0.25) is 0 Å². The molecular weight excluding hydrogens is 188 g/mol. The predicted octanol–water partition coefficient (Wildman–Crippen LogP) is 3.65. The molecule has 0 amide bonds. The molecule has 2 heteroatoms. The van der Waals surface area contributed by atoms with Crippen LogP contribution in [0.1, 0.15) is 40.5 Å². The predicted molar refractivity (Wildman–Crippen MR) is 63.8 cm³/mol. The molecule has 0 heterocycles. The molecule has 0 aromatic carbocycles. The van der Waals surface area contributed by atoms with Gasteiger partial charge in [0.25, 0.3) is 0 Å². The molecule has 0 saturated carbocycles. The molecule has 0 aliphatic rings. The van der Waals surface area contributed by atoms with E-state index in [-0.39, 0.29) is 0 Å². The Balaban J connectivity index is 4.16. The summed E-state index contributed by atoms with van der Waals surface area (Å²) in [6.07, 6.45) is 7.32. The highest BCUT2D eigenvalue weighted by molar-refractivity contribution is 5.80. The zero-order valence-corrected chi connectivity index (χ0v) is 10.2. The highest BCUT2D eigenvalue weighted by Gasteiger charge is 2.04. The van der Waals surface area contributed by atoms with Gasteiger partial charge in [0.05, 0.1) is 0 Å². The quantitative estimate of drug-likeness (QED) is 0.536. The van der Waals surface area contributed by atoms with Crippen molar-refractivity contribution < 1.29 is 9.90 Å². The topological polar surface area (TPSA) is 37.3 Å². The number of carboxylic acid groups (broad SMARTS) is 1. The summed E-state index contributed by atoms with van der Waals surface area (Å²) in [6.45, 7) is 8.54. The second-order valence-electron chi connectivity index (χ2n) is 4.31. The Morgan fingerprint density at radius 3 is 2.40 bits per heavy atom. The average Bonchev–Trinajstić information content (AvgIpc) is 2.14. The van der Waals surface area contributed by atoms with E-state index in [2.05, 4.69) is 26.8 Å². The molecule has 15 heavy (non-hydrogen) atoms. The molecule has 2 nitrogen and oxygen atoms in total. The number of hydrogen-bond acceptors (Lipinski definition) is 1. The Kier molecular flexibility index (Phi) is 6.76. The SMILES string of the molecule is CC[C@@H](C)C[C@@H](C)/C=C(C)/C=C/C(=O)O. The second kappa shape index (κ2) is 7.27. The van der Waals surface area contributed by atoms with E-state index in [4.69, 9.17) is 5.11 Å². The third kappa shape index (κ3) is 7.98. The van der Waals surface area contributed by atoms with E-state index in [1.807, 2.05) is 6.92 Å². The third-order valence-corrected chi connectivity index (χ3v) is 2.51. The summed E-state index contributed by atoms with van der Waals surface area (Å²) in [5.41, 5.74) is 1.02. The van der Waals surface area contributed by atoms with Gasteiger partial charge in [-0.2, -0.15) is 0 Å². The van der Waals surface area contributed by atoms with Gasteiger partial charge in [-0.1, -0.05) is 44.9 Å². The summed E-state index contributed by atoms with van der Waals surface area (Å²) in [6, 6.07) is 0. The Labute approximate surface area is 92.7 Å². The summed E-state index contributed by atoms with van der Waals surface area (Å²) in [5, 5.41) is 8.47. The minimum atomic E-state index is -0.891. The molecule has 0 aromatic rings. The normalized spacial score (nSPS) is 16.7. The van der Waals surface area contributed by atoms with E-state index in [1.165, 1.54) is 12.5 Å². The first-order valence-electron chi connectivity index (χ1n) is 5.55. The van der Waals surface area contributed by atoms with Crippen LogP contribution in [0.25, 0.3) is 0 Å². The second-order valence-corrected chi connectivity index (χ2v) is 4.31. The van der Waals surface area contributed by atoms with E-state index < -0.39 is 5.97 Å². The lowest BCUT2D eigenvalue weighted by molar-refractivity contribution is -0.131. The van der Waals surface area contributed by atoms with Gasteiger partial charge in [0.2, 0.25) is 0 Å². The number of aliphatic carboxylic acids is 1. The van der Waals surface area contributed by atoms with Crippen LogP contribution < -0.4 is 0 Å². The number of hydrogen-bond donors (Lipinski definition) is 1. The van der Waals surface area contributed by atoms with Gasteiger partial charge < -0.3 is 5.11 Å². The van der Waals surface area contributed by atoms with Crippen LogP contribution in [-0.2, 0) is 4.79 Å². The van der Waals surface area contributed by atoms with Crippen molar-refractivity contribution in [2.45, 2.75) is 40.5 Å². The van der Waals surface area contributed by atoms with Crippen LogP contribution in [-0.4, -0.2) is 11.1 Å². The average molecular weight is 210 g/mol. The number of carbonyl (C=O) groups is 1. The minimum Gasteiger partial charge on any atom is -0.478 e. The molecule has 1 N–H and O–H groups in total. The monoisotopic (exact) mass is 210 g/mol. The van der Waals surface area contributed by atoms with Crippen molar-refractivity contribution in [1.29, 1.82) is 0 Å². The van der Waals surface area contributed by atoms with Crippen LogP contribution in [0.15, 0.2) is 23.8 Å². The van der Waals surface area contributed by atoms with Gasteiger partial charge in [0.15, 0.2) is 0 Å². The van der Waals surface area contributed by atoms with Crippen LogP contribution in [0.3, 0.4) is 0 Å². The van der Waals surface area contributed by atoms with Gasteiger partial charge in [-0.05, 0) is 25.2 Å². The van der Waals surface area contributed by atoms with Gasteiger partial charge in [0, 0.05) is 6.08 Å². The number of allylic oxidation sites excluding steroid dienone is 3. The Bertz CT molecular complexity index is 251. The molecule has 0 aromatic heterocycles. The van der Waals surface area contributed by atoms with Crippen LogP contribution >= 0.6 is 0 Å². The summed E-state index contributed by atoms with van der Waals surface area (Å²) < 4.78 is 0. The van der Waals surface area contributed by atoms with Gasteiger partial charge in [-0.3, -0.25) is 0 Å². The van der Waals surface area contributed by atoms with E-state index in [0.717, 1.165) is 17.9 Å². The summed E-state index contributed by atoms with van der Waals surface area (Å²) >= 11 is 0. The maximum atomic E-state index is 10.3. The van der Waals surface area contributed by atoms with Crippen molar-refractivity contribution in [2.75, 3.05) is 0 Å². The highest BCUT2D eigenvalue weighted by atomic mass is 16.4. The van der Waals surface area contributed by atoms with Gasteiger partial charge in [-0.25, -0.2) is 4.79 Å². The Hall–Kier alpha value is -1.05. The van der Waals surface area contributed by atoms with E-state index in [0.29, 0.717) is 5.92 Å². The molecule has 0 spiro atoms. The summed E-state index contributed by atoms with van der Waals surface area (Å²) in [5.74, 6) is 0.350. The first-order chi connectivity index (χ1) is 6.95. The first-order valence-corrected chi connectivity index (χ1v) is 5.55. The molecule has 0 unspecified atom stereocenters. The molecule has 0 aliphatic carbocycles. The molecule has 2 atom stereocenters. The fourth-order valence-corrected chi connectivity index (χ4v) is 1.58. The van der Waals surface area contributed by atoms with Crippen LogP contribution in [0, 0.1) is 11.8 Å². The molecule has 0 saturated heterocycles. The van der Waals surface area contributed by atoms with Crippen LogP contribution in [0.4, 0.5) is 0 Å². The van der Waals surface area contributed by atoms with E-state index >= 15 is 0 Å². The van der Waals surface area contributed by atoms with Crippen LogP contribution in [0.5, 0.6) is 0 Å². The fourth-order valence-electron chi connectivity index (χ4n) is 1.58. The largest absolute Gasteiger partial charge is 0.478 e. The van der Waals surface area contributed by atoms with Crippen molar-refractivity contribution >= 4 is 5.97 Å². The lowest BCUT2D eigenvalue weighted by Gasteiger charge is -2.12. The number of rotatable bonds is 6. The van der Waals surface area contributed by atoms with Gasteiger partial charge in [0.1, 0.15) is 0 Å². The zero-order chi connectivity index (χ0) is 11.8. The van der Waals surface area contributed by atoms with Crippen molar-refractivity contribution in [3.05, 3.63) is 23.8 Å². The maximum Gasteiger partial charge on any atom is 0.328 e. The third-order valence-electron chi connectivity index (χ3n) is 2.51. The zero-order valence-electron chi connectivity index (χ0n) is 10.2. The fraction of sp³-hybridized carbons (Fsp3) is 0.615. The van der Waals surface area contributed by atoms with Crippen molar-refractivity contribution in [3.8, 4) is 0 Å². The van der Waals surface area contributed by atoms with E-state index in [1.54, 1.807) is 6.08 Å². The Morgan fingerprint density at radius 2 is 1.93 bits per heavy atom. The standard InChI is InChI=1S/C13H22O2/c1-5-10(2)8-12(4)9-11(3)6-7-13(14)15/h6-7,9-10,12H,5,8H2,1-4H3,(H,14,15)/b7-6+,11-9+/t10-,12-/m1/s1. The lowest BCUT2D eigenvalue weighted by atomic mass is 9.94. The highest BCUT2D eigenvalue weighted by Crippen LogP contribution is 2.17. The van der Waals surface area contributed by atoms with E-state index in [9.17, 15) is 4.79 Å². The smallest absolute Gasteiger partial charge is 0.328 e. The molecule has 0 aliphatic heterocycles. The lowest BCUT2D eigenvalue weighted by Crippen LogP contribution is -2.00. The molecule has 0 fully saturated rings.